The molecule has 0 unspecified atom stereocenters. The molecule has 0 aliphatic heterocycles. The maximum absolute atomic E-state index is 12.7. The number of hydrogen-bond donors (Lipinski definition) is 1. The highest BCUT2D eigenvalue weighted by molar-refractivity contribution is 6.08. The van der Waals surface area contributed by atoms with Gasteiger partial charge in [0, 0.05) is 16.8 Å². The average Bonchev–Trinajstić information content (AvgIpc) is 3.09. The number of fused-ring (bicyclic) bond motifs is 3. The molecule has 1 heterocycles. The number of benzene rings is 3. The summed E-state index contributed by atoms with van der Waals surface area (Å²) in [6, 6.07) is 16.7. The zero-order chi connectivity index (χ0) is 22.1. The lowest BCUT2D eigenvalue weighted by molar-refractivity contribution is -0.123. The van der Waals surface area contributed by atoms with Gasteiger partial charge in [0.25, 0.3) is 5.91 Å². The zero-order valence-corrected chi connectivity index (χ0v) is 17.8. The van der Waals surface area contributed by atoms with Gasteiger partial charge in [-0.2, -0.15) is 0 Å². The molecule has 1 amide bonds. The number of amides is 1. The molecule has 3 aromatic carbocycles. The van der Waals surface area contributed by atoms with Gasteiger partial charge < -0.3 is 19.2 Å². The van der Waals surface area contributed by atoms with E-state index in [4.69, 9.17) is 13.9 Å². The quantitative estimate of drug-likeness (QED) is 0.440. The third kappa shape index (κ3) is 4.10. The van der Waals surface area contributed by atoms with Crippen LogP contribution in [0.2, 0.25) is 0 Å². The highest BCUT2D eigenvalue weighted by atomic mass is 16.5. The number of methoxy groups -OCH3 is 1. The summed E-state index contributed by atoms with van der Waals surface area (Å²) in [5, 5.41) is 4.63. The first-order valence-corrected chi connectivity index (χ1v) is 9.95. The molecule has 0 radical (unpaired) electrons. The van der Waals surface area contributed by atoms with Gasteiger partial charge in [0.05, 0.1) is 18.4 Å². The highest BCUT2D eigenvalue weighted by Crippen LogP contribution is 2.36. The molecule has 0 saturated heterocycles. The van der Waals surface area contributed by atoms with Crippen molar-refractivity contribution < 1.29 is 23.5 Å². The smallest absolute Gasteiger partial charge is 0.338 e. The number of carbonyl (C=O) groups is 2. The molecule has 0 saturated carbocycles. The first-order valence-electron chi connectivity index (χ1n) is 9.95. The largest absolute Gasteiger partial charge is 0.495 e. The van der Waals surface area contributed by atoms with E-state index in [0.29, 0.717) is 22.6 Å². The number of ether oxygens (including phenoxy) is 2. The molecule has 0 spiro atoms. The van der Waals surface area contributed by atoms with Gasteiger partial charge in [-0.3, -0.25) is 4.79 Å². The van der Waals surface area contributed by atoms with Gasteiger partial charge in [-0.1, -0.05) is 35.4 Å². The van der Waals surface area contributed by atoms with Crippen molar-refractivity contribution in [3.8, 4) is 5.75 Å². The molecule has 0 aliphatic carbocycles. The van der Waals surface area contributed by atoms with E-state index in [1.807, 2.05) is 50.2 Å². The minimum Gasteiger partial charge on any atom is -0.495 e. The van der Waals surface area contributed by atoms with Gasteiger partial charge in [-0.05, 0) is 45.0 Å². The maximum atomic E-state index is 12.7. The molecule has 31 heavy (non-hydrogen) atoms. The third-order valence-electron chi connectivity index (χ3n) is 5.07. The topological polar surface area (TPSA) is 77.8 Å². The maximum Gasteiger partial charge on any atom is 0.338 e. The van der Waals surface area contributed by atoms with Crippen LogP contribution >= 0.6 is 0 Å². The molecule has 1 N–H and O–H groups in total. The first kappa shape index (κ1) is 20.5. The number of rotatable bonds is 5. The first-order chi connectivity index (χ1) is 14.9. The standard InChI is InChI=1S/C25H23NO5/c1-14-9-15(2)11-17(10-14)25(28)30-16(3)24(27)26-20-13-22-19(12-23(20)29-4)18-7-5-6-8-21(18)31-22/h5-13,16H,1-4H3,(H,26,27)/t16-/m0/s1. The van der Waals surface area contributed by atoms with E-state index >= 15 is 0 Å². The van der Waals surface area contributed by atoms with Crippen molar-refractivity contribution in [3.63, 3.8) is 0 Å². The minimum atomic E-state index is -0.996. The van der Waals surface area contributed by atoms with Crippen molar-refractivity contribution in [2.75, 3.05) is 12.4 Å². The fourth-order valence-electron chi connectivity index (χ4n) is 3.63. The Labute approximate surface area is 179 Å². The Morgan fingerprint density at radius 1 is 0.935 bits per heavy atom. The van der Waals surface area contributed by atoms with Crippen LogP contribution in [0.3, 0.4) is 0 Å². The second kappa shape index (κ2) is 8.14. The Kier molecular flexibility index (Phi) is 5.38. The molecule has 1 aromatic heterocycles. The lowest BCUT2D eigenvalue weighted by Gasteiger charge is -2.15. The monoisotopic (exact) mass is 417 g/mol. The molecule has 4 aromatic rings. The van der Waals surface area contributed by atoms with Crippen LogP contribution in [0.4, 0.5) is 5.69 Å². The minimum absolute atomic E-state index is 0.415. The summed E-state index contributed by atoms with van der Waals surface area (Å²) in [7, 11) is 1.53. The van der Waals surface area contributed by atoms with Crippen LogP contribution in [0.1, 0.15) is 28.4 Å². The molecule has 0 bridgehead atoms. The lowest BCUT2D eigenvalue weighted by Crippen LogP contribution is -2.30. The fourth-order valence-corrected chi connectivity index (χ4v) is 3.63. The SMILES string of the molecule is COc1cc2c(cc1NC(=O)[C@H](C)OC(=O)c1cc(C)cc(C)c1)oc1ccccc12. The molecule has 1 atom stereocenters. The summed E-state index contributed by atoms with van der Waals surface area (Å²) < 4.78 is 16.7. The molecule has 158 valence electrons. The van der Waals surface area contributed by atoms with Crippen LogP contribution in [0.5, 0.6) is 5.75 Å². The van der Waals surface area contributed by atoms with Crippen molar-refractivity contribution >= 4 is 39.5 Å². The molecular formula is C25H23NO5. The number of hydrogen-bond acceptors (Lipinski definition) is 5. The highest BCUT2D eigenvalue weighted by Gasteiger charge is 2.21. The predicted octanol–water partition coefficient (Wildman–Crippen LogP) is 5.40. The summed E-state index contributed by atoms with van der Waals surface area (Å²) in [6.45, 7) is 5.34. The molecule has 0 fully saturated rings. The number of aryl methyl sites for hydroxylation is 2. The molecular weight excluding hydrogens is 394 g/mol. The summed E-state index contributed by atoms with van der Waals surface area (Å²) >= 11 is 0. The Morgan fingerprint density at radius 2 is 1.65 bits per heavy atom. The van der Waals surface area contributed by atoms with E-state index in [1.165, 1.54) is 14.0 Å². The Bertz CT molecular complexity index is 1280. The normalized spacial score (nSPS) is 12.0. The van der Waals surface area contributed by atoms with Crippen LogP contribution in [-0.2, 0) is 9.53 Å². The van der Waals surface area contributed by atoms with Crippen molar-refractivity contribution in [2.45, 2.75) is 26.9 Å². The van der Waals surface area contributed by atoms with Crippen molar-refractivity contribution in [2.24, 2.45) is 0 Å². The number of anilines is 1. The number of para-hydroxylation sites is 1. The van der Waals surface area contributed by atoms with E-state index in [-0.39, 0.29) is 0 Å². The predicted molar refractivity (Wildman–Crippen MR) is 120 cm³/mol. The average molecular weight is 417 g/mol. The van der Waals surface area contributed by atoms with Crippen LogP contribution in [-0.4, -0.2) is 25.1 Å². The molecule has 6 nitrogen and oxygen atoms in total. The van der Waals surface area contributed by atoms with Crippen molar-refractivity contribution in [3.05, 3.63) is 71.3 Å². The number of nitrogens with one attached hydrogen (secondary N) is 1. The number of carbonyl (C=O) groups excluding carboxylic acids is 2. The Hall–Kier alpha value is -3.80. The van der Waals surface area contributed by atoms with Crippen molar-refractivity contribution in [1.82, 2.24) is 0 Å². The summed E-state index contributed by atoms with van der Waals surface area (Å²) in [4.78, 5) is 25.2. The van der Waals surface area contributed by atoms with Gasteiger partial charge in [0.15, 0.2) is 6.10 Å². The molecule has 0 aliphatic rings. The van der Waals surface area contributed by atoms with E-state index < -0.39 is 18.0 Å². The van der Waals surface area contributed by atoms with Gasteiger partial charge in [-0.25, -0.2) is 4.79 Å². The second-order valence-electron chi connectivity index (χ2n) is 7.56. The summed E-state index contributed by atoms with van der Waals surface area (Å²) in [5.41, 5.74) is 4.13. The second-order valence-corrected chi connectivity index (χ2v) is 7.56. The van der Waals surface area contributed by atoms with Gasteiger partial charge in [0.2, 0.25) is 0 Å². The van der Waals surface area contributed by atoms with Crippen molar-refractivity contribution in [1.29, 1.82) is 0 Å². The Balaban J connectivity index is 1.55. The van der Waals surface area contributed by atoms with E-state index in [9.17, 15) is 9.59 Å². The number of furan rings is 1. The Morgan fingerprint density at radius 3 is 2.35 bits per heavy atom. The fraction of sp³-hybridized carbons (Fsp3) is 0.200. The van der Waals surface area contributed by atoms with Crippen LogP contribution in [0.25, 0.3) is 21.9 Å². The molecule has 6 heteroatoms. The van der Waals surface area contributed by atoms with Crippen LogP contribution in [0, 0.1) is 13.8 Å². The summed E-state index contributed by atoms with van der Waals surface area (Å²) in [5.74, 6) is -0.527. The van der Waals surface area contributed by atoms with Gasteiger partial charge >= 0.3 is 5.97 Å². The van der Waals surface area contributed by atoms with Crippen LogP contribution in [0.15, 0.2) is 59.0 Å². The van der Waals surface area contributed by atoms with E-state index in [1.54, 1.807) is 18.2 Å². The summed E-state index contributed by atoms with van der Waals surface area (Å²) in [6.07, 6.45) is -0.996. The zero-order valence-electron chi connectivity index (χ0n) is 17.8. The lowest BCUT2D eigenvalue weighted by atomic mass is 10.1. The van der Waals surface area contributed by atoms with E-state index in [0.717, 1.165) is 27.5 Å². The number of esters is 1. The van der Waals surface area contributed by atoms with E-state index in [2.05, 4.69) is 5.32 Å². The van der Waals surface area contributed by atoms with Gasteiger partial charge in [0.1, 0.15) is 16.9 Å². The van der Waals surface area contributed by atoms with Gasteiger partial charge in [-0.15, -0.1) is 0 Å². The molecule has 4 rings (SSSR count). The third-order valence-corrected chi connectivity index (χ3v) is 5.07. The van der Waals surface area contributed by atoms with Crippen LogP contribution < -0.4 is 10.1 Å².